The SMILES string of the molecule is O=C(NCCSC1CNNN1)C1=Cc2cc(Cl)ccc2OC1. The van der Waals surface area contributed by atoms with Crippen molar-refractivity contribution in [2.45, 2.75) is 5.37 Å². The number of carbonyl (C=O) groups excluding carboxylic acids is 1. The van der Waals surface area contributed by atoms with Crippen LogP contribution in [0.5, 0.6) is 5.75 Å². The minimum atomic E-state index is -0.0955. The van der Waals surface area contributed by atoms with Gasteiger partial charge in [-0.3, -0.25) is 4.79 Å². The molecule has 0 radical (unpaired) electrons. The quantitative estimate of drug-likeness (QED) is 0.597. The van der Waals surface area contributed by atoms with Gasteiger partial charge in [0.15, 0.2) is 0 Å². The molecule has 2 aliphatic rings. The van der Waals surface area contributed by atoms with E-state index in [4.69, 9.17) is 16.3 Å². The van der Waals surface area contributed by atoms with Gasteiger partial charge in [-0.1, -0.05) is 11.6 Å². The summed E-state index contributed by atoms with van der Waals surface area (Å²) < 4.78 is 5.58. The highest BCUT2D eigenvalue weighted by Gasteiger charge is 2.18. The van der Waals surface area contributed by atoms with E-state index in [1.54, 1.807) is 23.9 Å². The molecule has 2 aliphatic heterocycles. The second-order valence-electron chi connectivity index (χ2n) is 4.91. The van der Waals surface area contributed by atoms with Gasteiger partial charge in [-0.15, -0.1) is 11.8 Å². The van der Waals surface area contributed by atoms with E-state index < -0.39 is 0 Å². The minimum Gasteiger partial charge on any atom is -0.488 e. The van der Waals surface area contributed by atoms with Crippen molar-refractivity contribution >= 4 is 35.3 Å². The Balaban J connectivity index is 1.50. The lowest BCUT2D eigenvalue weighted by molar-refractivity contribution is -0.117. The molecule has 1 aromatic rings. The molecule has 0 bridgehead atoms. The van der Waals surface area contributed by atoms with Gasteiger partial charge in [0, 0.05) is 29.4 Å². The maximum absolute atomic E-state index is 12.1. The summed E-state index contributed by atoms with van der Waals surface area (Å²) in [7, 11) is 0. The molecule has 1 aromatic carbocycles. The normalized spacial score (nSPS) is 20.0. The summed E-state index contributed by atoms with van der Waals surface area (Å²) in [5, 5.41) is 3.86. The van der Waals surface area contributed by atoms with Crippen molar-refractivity contribution in [1.29, 1.82) is 0 Å². The van der Waals surface area contributed by atoms with Crippen molar-refractivity contribution in [3.63, 3.8) is 0 Å². The predicted molar refractivity (Wildman–Crippen MR) is 88.5 cm³/mol. The molecule has 0 spiro atoms. The molecule has 6 nitrogen and oxygen atoms in total. The van der Waals surface area contributed by atoms with Crippen molar-refractivity contribution in [2.24, 2.45) is 0 Å². The van der Waals surface area contributed by atoms with Crippen LogP contribution in [0.3, 0.4) is 0 Å². The zero-order valence-electron chi connectivity index (χ0n) is 11.8. The number of hydrogen-bond donors (Lipinski definition) is 4. The fourth-order valence-electron chi connectivity index (χ4n) is 2.19. The third-order valence-electron chi connectivity index (χ3n) is 3.29. The lowest BCUT2D eigenvalue weighted by atomic mass is 10.1. The number of ether oxygens (including phenoxy) is 1. The van der Waals surface area contributed by atoms with Crippen LogP contribution in [0.15, 0.2) is 23.8 Å². The third-order valence-corrected chi connectivity index (χ3v) is 4.65. The van der Waals surface area contributed by atoms with E-state index in [0.717, 1.165) is 23.6 Å². The minimum absolute atomic E-state index is 0.0955. The third kappa shape index (κ3) is 3.93. The largest absolute Gasteiger partial charge is 0.488 e. The summed E-state index contributed by atoms with van der Waals surface area (Å²) in [4.78, 5) is 12.1. The van der Waals surface area contributed by atoms with Crippen LogP contribution in [-0.2, 0) is 4.79 Å². The van der Waals surface area contributed by atoms with Crippen molar-refractivity contribution < 1.29 is 9.53 Å². The van der Waals surface area contributed by atoms with Crippen LogP contribution < -0.4 is 26.4 Å². The van der Waals surface area contributed by atoms with Gasteiger partial charge in [-0.05, 0) is 24.3 Å². The number of thioether (sulfide) groups is 1. The van der Waals surface area contributed by atoms with Crippen molar-refractivity contribution in [2.75, 3.05) is 25.4 Å². The van der Waals surface area contributed by atoms with E-state index in [-0.39, 0.29) is 12.5 Å². The summed E-state index contributed by atoms with van der Waals surface area (Å²) in [5.41, 5.74) is 10.3. The molecule has 1 amide bonds. The fraction of sp³-hybridized carbons (Fsp3) is 0.357. The van der Waals surface area contributed by atoms with Crippen LogP contribution in [0.1, 0.15) is 5.56 Å². The second-order valence-corrected chi connectivity index (χ2v) is 6.65. The number of carbonyl (C=O) groups is 1. The summed E-state index contributed by atoms with van der Waals surface area (Å²) in [5.74, 6) is 1.49. The smallest absolute Gasteiger partial charge is 0.250 e. The van der Waals surface area contributed by atoms with Crippen molar-refractivity contribution in [3.8, 4) is 5.75 Å². The molecule has 1 atom stereocenters. The van der Waals surface area contributed by atoms with Gasteiger partial charge in [0.05, 0.1) is 10.9 Å². The molecule has 1 unspecified atom stereocenters. The summed E-state index contributed by atoms with van der Waals surface area (Å²) in [6, 6.07) is 5.39. The molecule has 1 fully saturated rings. The molecule has 118 valence electrons. The highest BCUT2D eigenvalue weighted by atomic mass is 35.5. The van der Waals surface area contributed by atoms with E-state index >= 15 is 0 Å². The maximum atomic E-state index is 12.1. The van der Waals surface area contributed by atoms with Crippen molar-refractivity contribution in [3.05, 3.63) is 34.4 Å². The van der Waals surface area contributed by atoms with Crippen molar-refractivity contribution in [1.82, 2.24) is 21.7 Å². The Morgan fingerprint density at radius 3 is 3.23 bits per heavy atom. The molecule has 22 heavy (non-hydrogen) atoms. The first-order valence-corrected chi connectivity index (χ1v) is 8.41. The van der Waals surface area contributed by atoms with E-state index in [1.165, 1.54) is 0 Å². The summed E-state index contributed by atoms with van der Waals surface area (Å²) in [6.07, 6.45) is 1.83. The van der Waals surface area contributed by atoms with E-state index in [2.05, 4.69) is 21.7 Å². The topological polar surface area (TPSA) is 74.4 Å². The average molecular weight is 341 g/mol. The number of hydrogen-bond acceptors (Lipinski definition) is 6. The Labute approximate surface area is 137 Å². The Morgan fingerprint density at radius 2 is 2.41 bits per heavy atom. The van der Waals surface area contributed by atoms with Gasteiger partial charge in [0.25, 0.3) is 5.91 Å². The molecule has 2 heterocycles. The van der Waals surface area contributed by atoms with Gasteiger partial charge in [-0.2, -0.15) is 5.53 Å². The van der Waals surface area contributed by atoms with Crippen LogP contribution >= 0.6 is 23.4 Å². The molecule has 8 heteroatoms. The van der Waals surface area contributed by atoms with E-state index in [9.17, 15) is 4.79 Å². The lowest BCUT2D eigenvalue weighted by Gasteiger charge is -2.18. The highest BCUT2D eigenvalue weighted by Crippen LogP contribution is 2.28. The van der Waals surface area contributed by atoms with Crippen LogP contribution in [0.2, 0.25) is 5.02 Å². The van der Waals surface area contributed by atoms with Gasteiger partial charge in [0.2, 0.25) is 0 Å². The summed E-state index contributed by atoms with van der Waals surface area (Å²) in [6.45, 7) is 1.75. The first kappa shape index (κ1) is 15.6. The number of benzene rings is 1. The Morgan fingerprint density at radius 1 is 1.50 bits per heavy atom. The van der Waals surface area contributed by atoms with Crippen LogP contribution in [0.25, 0.3) is 6.08 Å². The average Bonchev–Trinajstić information content (AvgIpc) is 3.04. The molecular weight excluding hydrogens is 324 g/mol. The second kappa shape index (κ2) is 7.34. The lowest BCUT2D eigenvalue weighted by Crippen LogP contribution is -2.33. The number of halogens is 1. The Hall–Kier alpha value is -1.25. The monoisotopic (exact) mass is 340 g/mol. The number of fused-ring (bicyclic) bond motifs is 1. The molecule has 1 saturated heterocycles. The molecule has 0 aromatic heterocycles. The van der Waals surface area contributed by atoms with Crippen LogP contribution in [0, 0.1) is 0 Å². The van der Waals surface area contributed by atoms with Gasteiger partial charge < -0.3 is 10.1 Å². The standard InChI is InChI=1S/C14H17ClN4O2S/c15-11-1-2-12-9(6-11)5-10(8-21-12)14(20)16-3-4-22-13-7-17-19-18-13/h1-2,5-6,13,17-19H,3-4,7-8H2,(H,16,20). The molecule has 3 rings (SSSR count). The van der Waals surface area contributed by atoms with Crippen LogP contribution in [0.4, 0.5) is 0 Å². The number of rotatable bonds is 5. The number of nitrogens with one attached hydrogen (secondary N) is 4. The Kier molecular flexibility index (Phi) is 5.22. The van der Waals surface area contributed by atoms with E-state index in [0.29, 0.717) is 22.5 Å². The predicted octanol–water partition coefficient (Wildman–Crippen LogP) is 0.904. The van der Waals surface area contributed by atoms with E-state index in [1.807, 2.05) is 12.1 Å². The number of amides is 1. The fourth-order valence-corrected chi connectivity index (χ4v) is 3.21. The molecule has 4 N–H and O–H groups in total. The molecular formula is C14H17ClN4O2S. The first-order valence-electron chi connectivity index (χ1n) is 6.98. The molecule has 0 saturated carbocycles. The Bertz CT molecular complexity index is 590. The first-order chi connectivity index (χ1) is 10.7. The maximum Gasteiger partial charge on any atom is 0.250 e. The molecule has 0 aliphatic carbocycles. The zero-order chi connectivity index (χ0) is 15.4. The zero-order valence-corrected chi connectivity index (χ0v) is 13.4. The number of hydrazine groups is 2. The van der Waals surface area contributed by atoms with Crippen LogP contribution in [-0.4, -0.2) is 36.7 Å². The van der Waals surface area contributed by atoms with Gasteiger partial charge in [-0.25, -0.2) is 10.9 Å². The van der Waals surface area contributed by atoms with Gasteiger partial charge >= 0.3 is 0 Å². The van der Waals surface area contributed by atoms with Gasteiger partial charge in [0.1, 0.15) is 12.4 Å². The summed E-state index contributed by atoms with van der Waals surface area (Å²) >= 11 is 7.71. The highest BCUT2D eigenvalue weighted by molar-refractivity contribution is 7.99.